The number of anilines is 1. The second-order valence-electron chi connectivity index (χ2n) is 4.09. The monoisotopic (exact) mass is 241 g/mol. The number of aryl methyl sites for hydroxylation is 2. The van der Waals surface area contributed by atoms with E-state index in [0.29, 0.717) is 0 Å². The SMILES string of the molecule is CCc1cc(C)cnc1N1CCNCC1.Cl. The van der Waals surface area contributed by atoms with E-state index in [0.717, 1.165) is 32.6 Å². The molecule has 90 valence electrons. The van der Waals surface area contributed by atoms with Gasteiger partial charge in [0.1, 0.15) is 5.82 Å². The van der Waals surface area contributed by atoms with Gasteiger partial charge in [-0.2, -0.15) is 0 Å². The molecule has 0 aliphatic carbocycles. The maximum absolute atomic E-state index is 4.57. The van der Waals surface area contributed by atoms with Crippen LogP contribution in [-0.4, -0.2) is 31.2 Å². The van der Waals surface area contributed by atoms with Gasteiger partial charge in [-0.1, -0.05) is 13.0 Å². The second-order valence-corrected chi connectivity index (χ2v) is 4.09. The standard InChI is InChI=1S/C12H19N3.ClH/c1-3-11-8-10(2)9-14-12(11)15-6-4-13-5-7-15;/h8-9,13H,3-7H2,1-2H3;1H. The van der Waals surface area contributed by atoms with E-state index in [1.807, 2.05) is 6.20 Å². The lowest BCUT2D eigenvalue weighted by molar-refractivity contribution is 0.583. The molecule has 0 amide bonds. The van der Waals surface area contributed by atoms with Crippen LogP contribution in [0, 0.1) is 6.92 Å². The molecule has 0 saturated carbocycles. The summed E-state index contributed by atoms with van der Waals surface area (Å²) in [6, 6.07) is 2.25. The molecule has 0 aromatic carbocycles. The third kappa shape index (κ3) is 2.86. The zero-order chi connectivity index (χ0) is 10.7. The Bertz CT molecular complexity index is 335. The van der Waals surface area contributed by atoms with Crippen LogP contribution >= 0.6 is 12.4 Å². The van der Waals surface area contributed by atoms with Gasteiger partial charge in [0.2, 0.25) is 0 Å². The van der Waals surface area contributed by atoms with Crippen LogP contribution in [0.5, 0.6) is 0 Å². The molecular formula is C12H20ClN3. The molecule has 0 radical (unpaired) electrons. The summed E-state index contributed by atoms with van der Waals surface area (Å²) >= 11 is 0. The van der Waals surface area contributed by atoms with Gasteiger partial charge in [-0.05, 0) is 24.5 Å². The van der Waals surface area contributed by atoms with Crippen LogP contribution in [0.1, 0.15) is 18.1 Å². The zero-order valence-electron chi connectivity index (χ0n) is 9.99. The Labute approximate surface area is 104 Å². The average molecular weight is 242 g/mol. The van der Waals surface area contributed by atoms with Gasteiger partial charge in [0.25, 0.3) is 0 Å². The number of hydrogen-bond acceptors (Lipinski definition) is 3. The zero-order valence-corrected chi connectivity index (χ0v) is 10.8. The quantitative estimate of drug-likeness (QED) is 0.856. The third-order valence-corrected chi connectivity index (χ3v) is 2.88. The van der Waals surface area contributed by atoms with Crippen LogP contribution < -0.4 is 10.2 Å². The second kappa shape index (κ2) is 6.06. The molecule has 0 spiro atoms. The van der Waals surface area contributed by atoms with Crippen molar-refractivity contribution in [1.82, 2.24) is 10.3 Å². The predicted octanol–water partition coefficient (Wildman–Crippen LogP) is 1.78. The van der Waals surface area contributed by atoms with E-state index >= 15 is 0 Å². The van der Waals surface area contributed by atoms with Gasteiger partial charge >= 0.3 is 0 Å². The maximum Gasteiger partial charge on any atom is 0.131 e. The van der Waals surface area contributed by atoms with Crippen LogP contribution in [-0.2, 0) is 6.42 Å². The lowest BCUT2D eigenvalue weighted by Crippen LogP contribution is -2.44. The van der Waals surface area contributed by atoms with Crippen LogP contribution in [0.25, 0.3) is 0 Å². The molecule has 1 aromatic rings. The number of halogens is 1. The Hall–Kier alpha value is -0.800. The Morgan fingerprint density at radius 1 is 1.38 bits per heavy atom. The predicted molar refractivity (Wildman–Crippen MR) is 70.7 cm³/mol. The average Bonchev–Trinajstić information content (AvgIpc) is 2.30. The number of aromatic nitrogens is 1. The van der Waals surface area contributed by atoms with Crippen molar-refractivity contribution in [3.05, 3.63) is 23.4 Å². The van der Waals surface area contributed by atoms with Gasteiger partial charge in [-0.15, -0.1) is 12.4 Å². The van der Waals surface area contributed by atoms with E-state index in [2.05, 4.69) is 35.1 Å². The van der Waals surface area contributed by atoms with Gasteiger partial charge in [-0.3, -0.25) is 0 Å². The fraction of sp³-hybridized carbons (Fsp3) is 0.583. The first kappa shape index (κ1) is 13.3. The lowest BCUT2D eigenvalue weighted by atomic mass is 10.1. The van der Waals surface area contributed by atoms with E-state index in [9.17, 15) is 0 Å². The minimum atomic E-state index is 0. The van der Waals surface area contributed by atoms with Crippen molar-refractivity contribution in [3.8, 4) is 0 Å². The van der Waals surface area contributed by atoms with Gasteiger partial charge in [0.05, 0.1) is 0 Å². The van der Waals surface area contributed by atoms with Crippen molar-refractivity contribution in [2.24, 2.45) is 0 Å². The van der Waals surface area contributed by atoms with Gasteiger partial charge in [0.15, 0.2) is 0 Å². The van der Waals surface area contributed by atoms with Crippen LogP contribution in [0.2, 0.25) is 0 Å². The number of nitrogens with one attached hydrogen (secondary N) is 1. The molecule has 3 nitrogen and oxygen atoms in total. The number of pyridine rings is 1. The minimum Gasteiger partial charge on any atom is -0.354 e. The molecule has 1 fully saturated rings. The van der Waals surface area contributed by atoms with E-state index in [4.69, 9.17) is 0 Å². The van der Waals surface area contributed by atoms with Crippen LogP contribution in [0.4, 0.5) is 5.82 Å². The molecule has 1 aromatic heterocycles. The molecule has 0 atom stereocenters. The molecule has 0 bridgehead atoms. The van der Waals surface area contributed by atoms with Crippen molar-refractivity contribution in [2.45, 2.75) is 20.3 Å². The molecular weight excluding hydrogens is 222 g/mol. The molecule has 1 aliphatic rings. The first-order chi connectivity index (χ1) is 7.31. The third-order valence-electron chi connectivity index (χ3n) is 2.88. The number of piperazine rings is 1. The molecule has 1 saturated heterocycles. The lowest BCUT2D eigenvalue weighted by Gasteiger charge is -2.30. The van der Waals surface area contributed by atoms with E-state index in [1.165, 1.54) is 16.9 Å². The van der Waals surface area contributed by atoms with Crippen molar-refractivity contribution in [3.63, 3.8) is 0 Å². The molecule has 0 unspecified atom stereocenters. The van der Waals surface area contributed by atoms with Gasteiger partial charge < -0.3 is 10.2 Å². The summed E-state index contributed by atoms with van der Waals surface area (Å²) in [5, 5.41) is 3.36. The maximum atomic E-state index is 4.57. The minimum absolute atomic E-state index is 0. The first-order valence-corrected chi connectivity index (χ1v) is 5.72. The summed E-state index contributed by atoms with van der Waals surface area (Å²) in [5.74, 6) is 1.18. The number of nitrogens with zero attached hydrogens (tertiary/aromatic N) is 2. The highest BCUT2D eigenvalue weighted by Crippen LogP contribution is 2.19. The number of rotatable bonds is 2. The molecule has 1 aliphatic heterocycles. The largest absolute Gasteiger partial charge is 0.354 e. The van der Waals surface area contributed by atoms with Crippen LogP contribution in [0.15, 0.2) is 12.3 Å². The highest BCUT2D eigenvalue weighted by molar-refractivity contribution is 5.85. The summed E-state index contributed by atoms with van der Waals surface area (Å²) in [7, 11) is 0. The Kier molecular flexibility index (Phi) is 5.03. The topological polar surface area (TPSA) is 28.2 Å². The van der Waals surface area contributed by atoms with E-state index < -0.39 is 0 Å². The Morgan fingerprint density at radius 3 is 2.69 bits per heavy atom. The van der Waals surface area contributed by atoms with E-state index in [-0.39, 0.29) is 12.4 Å². The molecule has 16 heavy (non-hydrogen) atoms. The summed E-state index contributed by atoms with van der Waals surface area (Å²) < 4.78 is 0. The fourth-order valence-corrected chi connectivity index (χ4v) is 2.04. The summed E-state index contributed by atoms with van der Waals surface area (Å²) in [6.45, 7) is 8.58. The van der Waals surface area contributed by atoms with E-state index in [1.54, 1.807) is 0 Å². The Balaban J connectivity index is 0.00000128. The molecule has 1 N–H and O–H groups in total. The summed E-state index contributed by atoms with van der Waals surface area (Å²) in [6.07, 6.45) is 3.03. The van der Waals surface area contributed by atoms with Crippen molar-refractivity contribution < 1.29 is 0 Å². The summed E-state index contributed by atoms with van der Waals surface area (Å²) in [5.41, 5.74) is 2.63. The first-order valence-electron chi connectivity index (χ1n) is 5.72. The van der Waals surface area contributed by atoms with Crippen molar-refractivity contribution in [2.75, 3.05) is 31.1 Å². The molecule has 2 heterocycles. The normalized spacial score (nSPS) is 15.8. The fourth-order valence-electron chi connectivity index (χ4n) is 2.04. The highest BCUT2D eigenvalue weighted by Gasteiger charge is 2.14. The molecule has 2 rings (SSSR count). The summed E-state index contributed by atoms with van der Waals surface area (Å²) in [4.78, 5) is 6.95. The highest BCUT2D eigenvalue weighted by atomic mass is 35.5. The van der Waals surface area contributed by atoms with Crippen molar-refractivity contribution in [1.29, 1.82) is 0 Å². The van der Waals surface area contributed by atoms with Gasteiger partial charge in [0, 0.05) is 32.4 Å². The van der Waals surface area contributed by atoms with Crippen LogP contribution in [0.3, 0.4) is 0 Å². The van der Waals surface area contributed by atoms with Gasteiger partial charge in [-0.25, -0.2) is 4.98 Å². The van der Waals surface area contributed by atoms with Crippen molar-refractivity contribution >= 4 is 18.2 Å². The smallest absolute Gasteiger partial charge is 0.131 e. The Morgan fingerprint density at radius 2 is 2.06 bits per heavy atom. The number of hydrogen-bond donors (Lipinski definition) is 1. The molecule has 4 heteroatoms.